The zero-order valence-electron chi connectivity index (χ0n) is 12.8. The second kappa shape index (κ2) is 11.5. The first-order valence-corrected chi connectivity index (χ1v) is 9.42. The number of carbonyl (C=O) groups excluding carboxylic acids is 3. The van der Waals surface area contributed by atoms with E-state index in [1.807, 2.05) is 0 Å². The normalized spacial score (nSPS) is 17.0. The van der Waals surface area contributed by atoms with Gasteiger partial charge in [0.25, 0.3) is 16.4 Å². The minimum atomic E-state index is -0.231. The first-order chi connectivity index (χ1) is 10.6. The van der Waals surface area contributed by atoms with Gasteiger partial charge in [0.2, 0.25) is 5.91 Å². The van der Waals surface area contributed by atoms with Crippen molar-refractivity contribution in [3.05, 3.63) is 0 Å². The molecule has 0 bridgehead atoms. The first-order valence-electron chi connectivity index (χ1n) is 7.45. The third-order valence-corrected chi connectivity index (χ3v) is 4.45. The van der Waals surface area contributed by atoms with E-state index in [0.29, 0.717) is 23.3 Å². The van der Waals surface area contributed by atoms with Gasteiger partial charge in [0.1, 0.15) is 0 Å². The van der Waals surface area contributed by atoms with E-state index in [1.165, 1.54) is 43.9 Å². The van der Waals surface area contributed by atoms with Gasteiger partial charge in [-0.25, -0.2) is 0 Å². The number of hydrogen-bond donors (Lipinski definition) is 1. The lowest BCUT2D eigenvalue weighted by atomic mass is 10.1. The summed E-state index contributed by atoms with van der Waals surface area (Å²) in [5, 5.41) is 2.43. The van der Waals surface area contributed by atoms with E-state index in [1.54, 1.807) is 0 Å². The molecule has 0 saturated carbocycles. The molecular weight excluding hydrogens is 324 g/mol. The maximum atomic E-state index is 10.8. The van der Waals surface area contributed by atoms with Crippen molar-refractivity contribution >= 4 is 45.8 Å². The molecule has 6 nitrogen and oxygen atoms in total. The molecule has 2 aliphatic rings. The van der Waals surface area contributed by atoms with Crippen LogP contribution < -0.4 is 5.32 Å². The van der Waals surface area contributed by atoms with E-state index >= 15 is 0 Å². The minimum Gasteiger partial charge on any atom is -0.473 e. The predicted octanol–water partition coefficient (Wildman–Crippen LogP) is 2.96. The van der Waals surface area contributed by atoms with Gasteiger partial charge in [-0.05, 0) is 6.42 Å². The number of hydrogen-bond acceptors (Lipinski definition) is 6. The Labute approximate surface area is 139 Å². The second-order valence-corrected chi connectivity index (χ2v) is 6.68. The Bertz CT molecular complexity index is 413. The summed E-state index contributed by atoms with van der Waals surface area (Å²) in [5.41, 5.74) is 0. The number of amides is 3. The lowest BCUT2D eigenvalue weighted by molar-refractivity contribution is -0.117. The molecule has 0 aromatic carbocycles. The number of ether oxygens (including phenoxy) is 1. The Morgan fingerprint density at radius 3 is 2.27 bits per heavy atom. The van der Waals surface area contributed by atoms with Crippen LogP contribution in [-0.4, -0.2) is 40.4 Å². The summed E-state index contributed by atoms with van der Waals surface area (Å²) < 4.78 is 5.37. The summed E-state index contributed by atoms with van der Waals surface area (Å²) in [6.45, 7) is 2.92. The van der Waals surface area contributed by atoms with E-state index in [4.69, 9.17) is 4.74 Å². The molecule has 2 rings (SSSR count). The van der Waals surface area contributed by atoms with E-state index in [9.17, 15) is 14.4 Å². The number of thioether (sulfide) groups is 2. The largest absolute Gasteiger partial charge is 0.473 e. The number of nitrogens with one attached hydrogen (secondary N) is 1. The van der Waals surface area contributed by atoms with E-state index in [0.717, 1.165) is 18.2 Å². The lowest BCUT2D eigenvalue weighted by Gasteiger charge is -2.03. The number of carbonyl (C=O) groups is 3. The van der Waals surface area contributed by atoms with Gasteiger partial charge in [-0.1, -0.05) is 62.6 Å². The van der Waals surface area contributed by atoms with Crippen molar-refractivity contribution in [2.75, 3.05) is 18.1 Å². The van der Waals surface area contributed by atoms with Gasteiger partial charge in [0, 0.05) is 0 Å². The molecule has 0 radical (unpaired) electrons. The SMILES string of the molecule is CCCCCCCCOC1=NC(=O)CS1.O=C1CSC(=O)N1. The van der Waals surface area contributed by atoms with Crippen LogP contribution in [0.2, 0.25) is 0 Å². The zero-order chi connectivity index (χ0) is 16.2. The smallest absolute Gasteiger partial charge is 0.286 e. The van der Waals surface area contributed by atoms with Gasteiger partial charge in [0.05, 0.1) is 18.1 Å². The van der Waals surface area contributed by atoms with Crippen molar-refractivity contribution in [2.45, 2.75) is 45.4 Å². The topological polar surface area (TPSA) is 84.8 Å². The highest BCUT2D eigenvalue weighted by atomic mass is 32.2. The lowest BCUT2D eigenvalue weighted by Crippen LogP contribution is -2.18. The quantitative estimate of drug-likeness (QED) is 0.713. The van der Waals surface area contributed by atoms with E-state index in [-0.39, 0.29) is 17.1 Å². The molecule has 0 aromatic heterocycles. The molecule has 1 saturated heterocycles. The number of unbranched alkanes of at least 4 members (excludes halogenated alkanes) is 5. The zero-order valence-corrected chi connectivity index (χ0v) is 14.4. The number of nitrogens with zero attached hydrogens (tertiary/aromatic N) is 1. The van der Waals surface area contributed by atoms with E-state index in [2.05, 4.69) is 17.2 Å². The first kappa shape index (κ1) is 19.0. The summed E-state index contributed by atoms with van der Waals surface area (Å²) in [6, 6.07) is 0. The monoisotopic (exact) mass is 346 g/mol. The molecule has 0 aromatic rings. The van der Waals surface area contributed by atoms with Crippen molar-refractivity contribution in [2.24, 2.45) is 4.99 Å². The molecule has 0 aliphatic carbocycles. The van der Waals surface area contributed by atoms with Crippen LogP contribution in [0.15, 0.2) is 4.99 Å². The maximum absolute atomic E-state index is 10.8. The fraction of sp³-hybridized carbons (Fsp3) is 0.714. The summed E-state index contributed by atoms with van der Waals surface area (Å²) >= 11 is 2.41. The Hall–Kier alpha value is -1.02. The molecule has 1 fully saturated rings. The van der Waals surface area contributed by atoms with Crippen molar-refractivity contribution < 1.29 is 19.1 Å². The molecular formula is C14H22N2O4S2. The number of aliphatic imine (C=N–C) groups is 1. The third kappa shape index (κ3) is 9.09. The Balaban J connectivity index is 0.000000287. The summed E-state index contributed by atoms with van der Waals surface area (Å²) in [5.74, 6) is 0.484. The van der Waals surface area contributed by atoms with Crippen LogP contribution in [-0.2, 0) is 14.3 Å². The molecule has 8 heteroatoms. The van der Waals surface area contributed by atoms with Gasteiger partial charge in [0.15, 0.2) is 0 Å². The maximum Gasteiger partial charge on any atom is 0.286 e. The molecule has 2 heterocycles. The minimum absolute atomic E-state index is 0.0713. The predicted molar refractivity (Wildman–Crippen MR) is 90.2 cm³/mol. The van der Waals surface area contributed by atoms with Gasteiger partial charge in [-0.3, -0.25) is 19.7 Å². The van der Waals surface area contributed by atoms with Gasteiger partial charge in [-0.2, -0.15) is 4.99 Å². The Kier molecular flexibility index (Phi) is 9.98. The molecule has 124 valence electrons. The van der Waals surface area contributed by atoms with Gasteiger partial charge < -0.3 is 4.74 Å². The summed E-state index contributed by atoms with van der Waals surface area (Å²) in [4.78, 5) is 34.7. The van der Waals surface area contributed by atoms with Crippen LogP contribution >= 0.6 is 23.5 Å². The van der Waals surface area contributed by atoms with Crippen LogP contribution in [0.25, 0.3) is 0 Å². The van der Waals surface area contributed by atoms with Crippen LogP contribution in [0.3, 0.4) is 0 Å². The highest BCUT2D eigenvalue weighted by molar-refractivity contribution is 8.15. The highest BCUT2D eigenvalue weighted by Crippen LogP contribution is 2.14. The fourth-order valence-corrected chi connectivity index (χ4v) is 2.89. The average molecular weight is 346 g/mol. The average Bonchev–Trinajstić information content (AvgIpc) is 3.07. The van der Waals surface area contributed by atoms with Crippen LogP contribution in [0, 0.1) is 0 Å². The molecule has 0 unspecified atom stereocenters. The van der Waals surface area contributed by atoms with Crippen LogP contribution in [0.4, 0.5) is 4.79 Å². The molecule has 1 N–H and O–H groups in total. The number of rotatable bonds is 7. The molecule has 3 amide bonds. The fourth-order valence-electron chi connectivity index (χ4n) is 1.72. The van der Waals surface area contributed by atoms with Crippen molar-refractivity contribution in [3.8, 4) is 0 Å². The highest BCUT2D eigenvalue weighted by Gasteiger charge is 2.17. The van der Waals surface area contributed by atoms with Gasteiger partial charge >= 0.3 is 0 Å². The molecule has 0 atom stereocenters. The molecule has 22 heavy (non-hydrogen) atoms. The second-order valence-electron chi connectivity index (χ2n) is 4.80. The summed E-state index contributed by atoms with van der Waals surface area (Å²) in [6.07, 6.45) is 7.51. The molecule has 2 aliphatic heterocycles. The summed E-state index contributed by atoms with van der Waals surface area (Å²) in [7, 11) is 0. The standard InChI is InChI=1S/C11H19NO2S.C3H3NO2S/c1-2-3-4-5-6-7-8-14-11-12-10(13)9-15-11;5-2-1-7-3(6)4-2/h2-9H2,1H3;1H2,(H,4,5,6). The number of imide groups is 1. The van der Waals surface area contributed by atoms with Crippen molar-refractivity contribution in [1.29, 1.82) is 0 Å². The van der Waals surface area contributed by atoms with Crippen molar-refractivity contribution in [1.82, 2.24) is 5.32 Å². The van der Waals surface area contributed by atoms with E-state index < -0.39 is 0 Å². The van der Waals surface area contributed by atoms with Crippen LogP contribution in [0.5, 0.6) is 0 Å². The Morgan fingerprint density at radius 1 is 1.05 bits per heavy atom. The molecule has 0 spiro atoms. The third-order valence-electron chi connectivity index (χ3n) is 2.83. The van der Waals surface area contributed by atoms with Gasteiger partial charge in [-0.15, -0.1) is 0 Å². The van der Waals surface area contributed by atoms with Crippen LogP contribution in [0.1, 0.15) is 45.4 Å². The van der Waals surface area contributed by atoms with Crippen molar-refractivity contribution in [3.63, 3.8) is 0 Å². The Morgan fingerprint density at radius 2 is 1.77 bits per heavy atom.